The largest absolute Gasteiger partial charge is 0.472 e. The molecule has 1 aliphatic rings. The van der Waals surface area contributed by atoms with E-state index in [9.17, 15) is 4.79 Å². The van der Waals surface area contributed by atoms with Crippen molar-refractivity contribution in [3.8, 4) is 11.9 Å². The fourth-order valence-corrected chi connectivity index (χ4v) is 2.63. The number of carbonyl (C=O) groups is 1. The molecule has 0 atom stereocenters. The van der Waals surface area contributed by atoms with E-state index in [1.54, 1.807) is 0 Å². The molecule has 0 unspecified atom stereocenters. The first kappa shape index (κ1) is 16.2. The third-order valence-electron chi connectivity index (χ3n) is 3.68. The summed E-state index contributed by atoms with van der Waals surface area (Å²) in [5.41, 5.74) is 0.217. The number of hydrogen-bond donors (Lipinski definition) is 1. The van der Waals surface area contributed by atoms with Crippen LogP contribution in [0.25, 0.3) is 0 Å². The van der Waals surface area contributed by atoms with Crippen LogP contribution in [0.1, 0.15) is 51.6 Å². The van der Waals surface area contributed by atoms with Crippen molar-refractivity contribution in [3.63, 3.8) is 0 Å². The molecule has 0 radical (unpaired) electrons. The van der Waals surface area contributed by atoms with Crippen molar-refractivity contribution in [3.05, 3.63) is 18.1 Å². The van der Waals surface area contributed by atoms with Gasteiger partial charge in [-0.1, -0.05) is 13.8 Å². The molecule has 1 heterocycles. The number of ether oxygens (including phenoxy) is 1. The van der Waals surface area contributed by atoms with Gasteiger partial charge in [-0.15, -0.1) is 0 Å². The lowest BCUT2D eigenvalue weighted by Gasteiger charge is -2.29. The molecule has 1 aromatic heterocycles. The third-order valence-corrected chi connectivity index (χ3v) is 3.68. The van der Waals surface area contributed by atoms with Crippen molar-refractivity contribution < 1.29 is 9.53 Å². The van der Waals surface area contributed by atoms with Gasteiger partial charge in [0.25, 0.3) is 5.88 Å². The van der Waals surface area contributed by atoms with Crippen molar-refractivity contribution in [1.29, 1.82) is 5.26 Å². The molecule has 118 valence electrons. The van der Waals surface area contributed by atoms with Gasteiger partial charge in [0.1, 0.15) is 12.2 Å². The molecule has 0 aliphatic heterocycles. The Kier molecular flexibility index (Phi) is 5.70. The van der Waals surface area contributed by atoms with Crippen LogP contribution in [0.15, 0.2) is 12.4 Å². The summed E-state index contributed by atoms with van der Waals surface area (Å²) in [6, 6.07) is 2.21. The molecule has 1 saturated carbocycles. The topological polar surface area (TPSA) is 87.9 Å². The molecule has 1 N–H and O–H groups in total. The van der Waals surface area contributed by atoms with Crippen LogP contribution < -0.4 is 10.1 Å². The van der Waals surface area contributed by atoms with Crippen molar-refractivity contribution in [2.24, 2.45) is 5.92 Å². The van der Waals surface area contributed by atoms with Gasteiger partial charge in [-0.05, 0) is 31.6 Å². The van der Waals surface area contributed by atoms with Crippen LogP contribution in [-0.2, 0) is 4.79 Å². The fraction of sp³-hybridized carbons (Fsp3) is 0.625. The van der Waals surface area contributed by atoms with E-state index >= 15 is 0 Å². The molecule has 0 spiro atoms. The normalized spacial score (nSPS) is 21.2. The number of rotatable bonds is 5. The van der Waals surface area contributed by atoms with E-state index in [4.69, 9.17) is 10.00 Å². The summed E-state index contributed by atoms with van der Waals surface area (Å²) in [6.45, 7) is 4.08. The van der Waals surface area contributed by atoms with E-state index in [-0.39, 0.29) is 23.7 Å². The minimum atomic E-state index is 0.0297. The van der Waals surface area contributed by atoms with Crippen molar-refractivity contribution in [1.82, 2.24) is 15.3 Å². The van der Waals surface area contributed by atoms with Gasteiger partial charge < -0.3 is 10.1 Å². The highest BCUT2D eigenvalue weighted by atomic mass is 16.5. The lowest BCUT2D eigenvalue weighted by molar-refractivity contribution is -0.122. The van der Waals surface area contributed by atoms with Crippen LogP contribution in [-0.4, -0.2) is 28.0 Å². The minimum Gasteiger partial charge on any atom is -0.472 e. The molecular formula is C16H22N4O2. The first-order chi connectivity index (χ1) is 10.6. The van der Waals surface area contributed by atoms with E-state index < -0.39 is 0 Å². The zero-order valence-electron chi connectivity index (χ0n) is 13.1. The molecule has 0 saturated heterocycles. The standard InChI is InChI=1S/C16H22N4O2/c1-11(2)9-15(21)20-12-3-5-13(6-4-12)22-16-14(10-17)18-7-8-19-16/h7-8,11-13H,3-6,9H2,1-2H3,(H,20,21). The second-order valence-electron chi connectivity index (χ2n) is 6.08. The van der Waals surface area contributed by atoms with E-state index in [2.05, 4.69) is 15.3 Å². The Balaban J connectivity index is 1.80. The summed E-state index contributed by atoms with van der Waals surface area (Å²) in [7, 11) is 0. The molecule has 6 nitrogen and oxygen atoms in total. The quantitative estimate of drug-likeness (QED) is 0.900. The van der Waals surface area contributed by atoms with Crippen molar-refractivity contribution >= 4 is 5.91 Å². The number of amides is 1. The molecule has 6 heteroatoms. The van der Waals surface area contributed by atoms with Gasteiger partial charge >= 0.3 is 0 Å². The Labute approximate surface area is 130 Å². The molecule has 0 aromatic carbocycles. The highest BCUT2D eigenvalue weighted by molar-refractivity contribution is 5.76. The van der Waals surface area contributed by atoms with Crippen LogP contribution in [0.3, 0.4) is 0 Å². The first-order valence-electron chi connectivity index (χ1n) is 7.75. The Bertz CT molecular complexity index is 545. The molecule has 22 heavy (non-hydrogen) atoms. The summed E-state index contributed by atoms with van der Waals surface area (Å²) in [5.74, 6) is 0.804. The van der Waals surface area contributed by atoms with Crippen LogP contribution in [0.4, 0.5) is 0 Å². The number of nitrogens with one attached hydrogen (secondary N) is 1. The van der Waals surface area contributed by atoms with Crippen LogP contribution >= 0.6 is 0 Å². The molecule has 1 fully saturated rings. The maximum Gasteiger partial charge on any atom is 0.251 e. The van der Waals surface area contributed by atoms with E-state index in [1.165, 1.54) is 12.4 Å². The Morgan fingerprint density at radius 1 is 1.36 bits per heavy atom. The van der Waals surface area contributed by atoms with Gasteiger partial charge in [0, 0.05) is 24.9 Å². The molecule has 2 rings (SSSR count). The maximum atomic E-state index is 11.8. The Morgan fingerprint density at radius 3 is 2.68 bits per heavy atom. The first-order valence-corrected chi connectivity index (χ1v) is 7.75. The van der Waals surface area contributed by atoms with Gasteiger partial charge in [0.05, 0.1) is 0 Å². The molecular weight excluding hydrogens is 280 g/mol. The van der Waals surface area contributed by atoms with Crippen LogP contribution in [0.2, 0.25) is 0 Å². The van der Waals surface area contributed by atoms with Gasteiger partial charge in [0.15, 0.2) is 0 Å². The monoisotopic (exact) mass is 302 g/mol. The molecule has 1 aromatic rings. The van der Waals surface area contributed by atoms with Gasteiger partial charge in [0.2, 0.25) is 11.6 Å². The second-order valence-corrected chi connectivity index (χ2v) is 6.08. The maximum absolute atomic E-state index is 11.8. The van der Waals surface area contributed by atoms with Gasteiger partial charge in [-0.3, -0.25) is 4.79 Å². The van der Waals surface area contributed by atoms with E-state index in [0.29, 0.717) is 18.2 Å². The van der Waals surface area contributed by atoms with Crippen molar-refractivity contribution in [2.45, 2.75) is 58.1 Å². The SMILES string of the molecule is CC(C)CC(=O)NC1CCC(Oc2nccnc2C#N)CC1. The average Bonchev–Trinajstić information content (AvgIpc) is 2.49. The fourth-order valence-electron chi connectivity index (χ4n) is 2.63. The predicted molar refractivity (Wildman–Crippen MR) is 81.0 cm³/mol. The summed E-state index contributed by atoms with van der Waals surface area (Å²) in [6.07, 6.45) is 7.05. The van der Waals surface area contributed by atoms with E-state index in [1.807, 2.05) is 19.9 Å². The number of nitrogens with zero attached hydrogens (tertiary/aromatic N) is 3. The minimum absolute atomic E-state index is 0.0297. The zero-order valence-corrected chi connectivity index (χ0v) is 13.1. The lowest BCUT2D eigenvalue weighted by atomic mass is 9.92. The number of hydrogen-bond acceptors (Lipinski definition) is 5. The highest BCUT2D eigenvalue weighted by Gasteiger charge is 2.24. The van der Waals surface area contributed by atoms with Gasteiger partial charge in [-0.25, -0.2) is 9.97 Å². The van der Waals surface area contributed by atoms with Gasteiger partial charge in [-0.2, -0.15) is 5.26 Å². The second kappa shape index (κ2) is 7.74. The Hall–Kier alpha value is -2.16. The summed E-state index contributed by atoms with van der Waals surface area (Å²) < 4.78 is 5.79. The molecule has 0 bridgehead atoms. The smallest absolute Gasteiger partial charge is 0.251 e. The van der Waals surface area contributed by atoms with Crippen LogP contribution in [0, 0.1) is 17.2 Å². The Morgan fingerprint density at radius 2 is 2.05 bits per heavy atom. The summed E-state index contributed by atoms with van der Waals surface area (Å²) in [4.78, 5) is 19.8. The molecule has 1 amide bonds. The average molecular weight is 302 g/mol. The predicted octanol–water partition coefficient (Wildman–Crippen LogP) is 2.20. The zero-order chi connectivity index (χ0) is 15.9. The molecule has 1 aliphatic carbocycles. The highest BCUT2D eigenvalue weighted by Crippen LogP contribution is 2.24. The number of carbonyl (C=O) groups excluding carboxylic acids is 1. The number of nitriles is 1. The van der Waals surface area contributed by atoms with Crippen molar-refractivity contribution in [2.75, 3.05) is 0 Å². The van der Waals surface area contributed by atoms with Crippen LogP contribution in [0.5, 0.6) is 5.88 Å². The van der Waals surface area contributed by atoms with E-state index in [0.717, 1.165) is 25.7 Å². The summed E-state index contributed by atoms with van der Waals surface area (Å²) >= 11 is 0. The number of aromatic nitrogens is 2. The third kappa shape index (κ3) is 4.69. The lowest BCUT2D eigenvalue weighted by Crippen LogP contribution is -2.40. The summed E-state index contributed by atoms with van der Waals surface area (Å²) in [5, 5.41) is 12.1.